The van der Waals surface area contributed by atoms with Gasteiger partial charge in [-0.3, -0.25) is 0 Å². The van der Waals surface area contributed by atoms with Crippen molar-refractivity contribution >= 4 is 10.9 Å². The highest BCUT2D eigenvalue weighted by Crippen LogP contribution is 2.36. The van der Waals surface area contributed by atoms with Crippen molar-refractivity contribution in [1.82, 2.24) is 4.57 Å². The van der Waals surface area contributed by atoms with E-state index in [-0.39, 0.29) is 0 Å². The number of ether oxygens (including phenoxy) is 2. The monoisotopic (exact) mass is 431 g/mol. The molecular weight excluding hydrogens is 405 g/mol. The molecule has 0 saturated carbocycles. The van der Waals surface area contributed by atoms with E-state index in [0.717, 1.165) is 16.9 Å². The summed E-state index contributed by atoms with van der Waals surface area (Å²) >= 11 is 0. The molecule has 31 heavy (non-hydrogen) atoms. The summed E-state index contributed by atoms with van der Waals surface area (Å²) in [7, 11) is 1.58. The second-order valence-corrected chi connectivity index (χ2v) is 7.89. The van der Waals surface area contributed by atoms with Gasteiger partial charge in [-0.15, -0.1) is 0 Å². The lowest BCUT2D eigenvalue weighted by Crippen LogP contribution is -2.56. The van der Waals surface area contributed by atoms with Gasteiger partial charge in [0.1, 0.15) is 36.0 Å². The maximum Gasteiger partial charge on any atom is 0.163 e. The summed E-state index contributed by atoms with van der Waals surface area (Å²) in [5.41, 5.74) is 2.90. The molecule has 4 N–H and O–H groups in total. The van der Waals surface area contributed by atoms with Crippen LogP contribution in [0, 0.1) is 12.7 Å². The van der Waals surface area contributed by atoms with E-state index in [1.165, 1.54) is 6.07 Å². The minimum absolute atomic E-state index is 0.396. The van der Waals surface area contributed by atoms with Gasteiger partial charge in [0, 0.05) is 11.6 Å². The molecule has 166 valence electrons. The predicted molar refractivity (Wildman–Crippen MR) is 111 cm³/mol. The number of aromatic nitrogens is 1. The van der Waals surface area contributed by atoms with E-state index < -0.39 is 43.1 Å². The van der Waals surface area contributed by atoms with Gasteiger partial charge in [-0.05, 0) is 48.2 Å². The molecule has 3 aromatic rings. The van der Waals surface area contributed by atoms with Crippen LogP contribution in [0.4, 0.5) is 4.39 Å². The summed E-state index contributed by atoms with van der Waals surface area (Å²) in [6, 6.07) is 10.5. The quantitative estimate of drug-likeness (QED) is 0.490. The van der Waals surface area contributed by atoms with Crippen molar-refractivity contribution < 1.29 is 34.3 Å². The van der Waals surface area contributed by atoms with Crippen molar-refractivity contribution in [2.24, 2.45) is 0 Å². The first kappa shape index (κ1) is 21.7. The molecule has 8 heteroatoms. The zero-order valence-corrected chi connectivity index (χ0v) is 17.3. The van der Waals surface area contributed by atoms with Crippen molar-refractivity contribution in [3.63, 3.8) is 0 Å². The van der Waals surface area contributed by atoms with Gasteiger partial charge < -0.3 is 34.5 Å². The number of nitrogens with zero attached hydrogens (tertiary/aromatic N) is 1. The van der Waals surface area contributed by atoms with E-state index in [0.29, 0.717) is 22.9 Å². The summed E-state index contributed by atoms with van der Waals surface area (Å²) in [5.74, 6) is 0.307. The van der Waals surface area contributed by atoms with Crippen LogP contribution in [0.1, 0.15) is 22.9 Å². The molecule has 1 aliphatic rings. The Hall–Kier alpha value is -2.49. The van der Waals surface area contributed by atoms with Crippen LogP contribution < -0.4 is 4.74 Å². The second-order valence-electron chi connectivity index (χ2n) is 7.89. The fraction of sp³-hybridized carbons (Fsp3) is 0.391. The van der Waals surface area contributed by atoms with E-state index in [9.17, 15) is 24.8 Å². The van der Waals surface area contributed by atoms with Gasteiger partial charge in [-0.2, -0.15) is 0 Å². The van der Waals surface area contributed by atoms with Gasteiger partial charge in [-0.25, -0.2) is 4.39 Å². The molecule has 0 spiro atoms. The SMILES string of the molecule is COc1ccc(Cc2cn([C@@H]3O[C@H](CO)[C@@H](O)[C@H](O)[C@H]3O)c3c(C)ccc(F)c23)cc1. The second kappa shape index (κ2) is 8.57. The molecule has 0 radical (unpaired) electrons. The first-order chi connectivity index (χ1) is 14.8. The first-order valence-electron chi connectivity index (χ1n) is 10.1. The van der Waals surface area contributed by atoms with Gasteiger partial charge in [0.05, 0.1) is 19.2 Å². The molecule has 1 aliphatic heterocycles. The molecule has 0 bridgehead atoms. The van der Waals surface area contributed by atoms with E-state index >= 15 is 0 Å². The van der Waals surface area contributed by atoms with E-state index in [2.05, 4.69) is 0 Å². The van der Waals surface area contributed by atoms with Crippen molar-refractivity contribution in [3.8, 4) is 5.75 Å². The number of hydrogen-bond acceptors (Lipinski definition) is 6. The minimum atomic E-state index is -1.52. The molecule has 0 amide bonds. The minimum Gasteiger partial charge on any atom is -0.497 e. The third kappa shape index (κ3) is 3.81. The number of hydrogen-bond donors (Lipinski definition) is 4. The van der Waals surface area contributed by atoms with Crippen molar-refractivity contribution in [3.05, 3.63) is 65.1 Å². The molecule has 1 saturated heterocycles. The lowest BCUT2D eigenvalue weighted by molar-refractivity contribution is -0.250. The molecule has 0 unspecified atom stereocenters. The first-order valence-corrected chi connectivity index (χ1v) is 10.1. The molecule has 7 nitrogen and oxygen atoms in total. The van der Waals surface area contributed by atoms with Crippen LogP contribution in [-0.2, 0) is 11.2 Å². The van der Waals surface area contributed by atoms with E-state index in [1.54, 1.807) is 23.9 Å². The number of aryl methyl sites for hydroxylation is 1. The Morgan fingerprint density at radius 1 is 1.03 bits per heavy atom. The van der Waals surface area contributed by atoms with Gasteiger partial charge in [0.2, 0.25) is 0 Å². The number of halogens is 1. The third-order valence-electron chi connectivity index (χ3n) is 5.90. The largest absolute Gasteiger partial charge is 0.497 e. The van der Waals surface area contributed by atoms with Gasteiger partial charge >= 0.3 is 0 Å². The fourth-order valence-electron chi connectivity index (χ4n) is 4.22. The summed E-state index contributed by atoms with van der Waals surface area (Å²) in [6.07, 6.45) is -4.50. The number of rotatable bonds is 5. The highest BCUT2D eigenvalue weighted by Gasteiger charge is 2.44. The Labute approximate surface area is 178 Å². The lowest BCUT2D eigenvalue weighted by atomic mass is 9.98. The fourth-order valence-corrected chi connectivity index (χ4v) is 4.22. The Balaban J connectivity index is 1.81. The Morgan fingerprint density at radius 3 is 2.39 bits per heavy atom. The Kier molecular flexibility index (Phi) is 6.00. The van der Waals surface area contributed by atoms with Crippen LogP contribution in [-0.4, -0.2) is 63.1 Å². The van der Waals surface area contributed by atoms with Crippen LogP contribution in [0.5, 0.6) is 5.75 Å². The number of benzene rings is 2. The number of aliphatic hydroxyl groups excluding tert-OH is 4. The maximum atomic E-state index is 14.9. The zero-order chi connectivity index (χ0) is 22.3. The highest BCUT2D eigenvalue weighted by molar-refractivity contribution is 5.88. The van der Waals surface area contributed by atoms with Crippen LogP contribution in [0.15, 0.2) is 42.6 Å². The molecule has 0 aliphatic carbocycles. The summed E-state index contributed by atoms with van der Waals surface area (Å²) in [4.78, 5) is 0. The van der Waals surface area contributed by atoms with Crippen LogP contribution in [0.25, 0.3) is 10.9 Å². The van der Waals surface area contributed by atoms with Crippen molar-refractivity contribution in [2.45, 2.75) is 44.0 Å². The molecule has 5 atom stereocenters. The molecular formula is C23H26FNO6. The standard InChI is InChI=1S/C23H26FNO6/c1-12-3-8-16(24)18-14(9-13-4-6-15(30-2)7-5-13)10-25(19(12)18)23-22(29)21(28)20(27)17(11-26)31-23/h3-8,10,17,20-23,26-29H,9,11H2,1-2H3/t17-,20-,21+,22-,23-/m1/s1. The maximum absolute atomic E-state index is 14.9. The van der Waals surface area contributed by atoms with Crippen LogP contribution in [0.2, 0.25) is 0 Å². The van der Waals surface area contributed by atoms with E-state index in [4.69, 9.17) is 9.47 Å². The molecule has 2 aromatic carbocycles. The normalized spacial score (nSPS) is 26.4. The summed E-state index contributed by atoms with van der Waals surface area (Å²) in [5, 5.41) is 40.9. The summed E-state index contributed by atoms with van der Waals surface area (Å²) < 4.78 is 27.4. The van der Waals surface area contributed by atoms with Crippen LogP contribution in [0.3, 0.4) is 0 Å². The van der Waals surface area contributed by atoms with E-state index in [1.807, 2.05) is 31.2 Å². The van der Waals surface area contributed by atoms with Crippen molar-refractivity contribution in [1.29, 1.82) is 0 Å². The molecule has 2 heterocycles. The number of methoxy groups -OCH3 is 1. The number of fused-ring (bicyclic) bond motifs is 1. The Bertz CT molecular complexity index is 1060. The van der Waals surface area contributed by atoms with Gasteiger partial charge in [-0.1, -0.05) is 18.2 Å². The third-order valence-corrected chi connectivity index (χ3v) is 5.90. The van der Waals surface area contributed by atoms with Gasteiger partial charge in [0.15, 0.2) is 6.23 Å². The smallest absolute Gasteiger partial charge is 0.163 e. The summed E-state index contributed by atoms with van der Waals surface area (Å²) in [6.45, 7) is 1.28. The molecule has 4 rings (SSSR count). The lowest BCUT2D eigenvalue weighted by Gasteiger charge is -2.40. The van der Waals surface area contributed by atoms with Crippen LogP contribution >= 0.6 is 0 Å². The average Bonchev–Trinajstić information content (AvgIpc) is 3.15. The molecule has 1 fully saturated rings. The molecule has 1 aromatic heterocycles. The Morgan fingerprint density at radius 2 is 1.74 bits per heavy atom. The highest BCUT2D eigenvalue weighted by atomic mass is 19.1. The average molecular weight is 431 g/mol. The predicted octanol–water partition coefficient (Wildman–Crippen LogP) is 1.66. The number of aliphatic hydroxyl groups is 4. The van der Waals surface area contributed by atoms with Crippen molar-refractivity contribution in [2.75, 3.05) is 13.7 Å². The topological polar surface area (TPSA) is 104 Å². The van der Waals surface area contributed by atoms with Gasteiger partial charge in [0.25, 0.3) is 0 Å². The zero-order valence-electron chi connectivity index (χ0n) is 17.3.